The zero-order valence-electron chi connectivity index (χ0n) is 13.7. The smallest absolute Gasteiger partial charge is 0.227 e. The monoisotopic (exact) mass is 357 g/mol. The molecule has 2 aromatic carbocycles. The van der Waals surface area contributed by atoms with E-state index < -0.39 is 0 Å². The molecule has 3 rings (SSSR count). The Bertz CT molecular complexity index is 749. The normalized spacial score (nSPS) is 18.2. The van der Waals surface area contributed by atoms with Crippen LogP contribution in [-0.4, -0.2) is 24.9 Å². The number of benzene rings is 2. The summed E-state index contributed by atoms with van der Waals surface area (Å²) in [7, 11) is 0. The summed E-state index contributed by atoms with van der Waals surface area (Å²) in [4.78, 5) is 26.2. The molecule has 2 amide bonds. The van der Waals surface area contributed by atoms with Crippen molar-refractivity contribution in [2.75, 3.05) is 18.0 Å². The fraction of sp³-hybridized carbons (Fsp3) is 0.263. The molecule has 0 bridgehead atoms. The lowest BCUT2D eigenvalue weighted by Crippen LogP contribution is -2.37. The number of nitrogens with two attached hydrogens (primary N) is 1. The van der Waals surface area contributed by atoms with Gasteiger partial charge in [-0.3, -0.25) is 9.59 Å². The van der Waals surface area contributed by atoms with Crippen molar-refractivity contribution < 1.29 is 9.59 Å². The van der Waals surface area contributed by atoms with E-state index in [1.165, 1.54) is 0 Å². The lowest BCUT2D eigenvalue weighted by Gasteiger charge is -2.18. The van der Waals surface area contributed by atoms with E-state index in [2.05, 4.69) is 5.32 Å². The second-order valence-electron chi connectivity index (χ2n) is 6.14. The number of rotatable bonds is 5. The highest BCUT2D eigenvalue weighted by atomic mass is 35.5. The van der Waals surface area contributed by atoms with Gasteiger partial charge < -0.3 is 16.0 Å². The third-order valence-corrected chi connectivity index (χ3v) is 4.61. The molecule has 0 spiro atoms. The van der Waals surface area contributed by atoms with Crippen LogP contribution < -0.4 is 16.0 Å². The Hall–Kier alpha value is -2.37. The van der Waals surface area contributed by atoms with Crippen LogP contribution in [0.1, 0.15) is 18.0 Å². The summed E-state index contributed by atoms with van der Waals surface area (Å²) in [5.74, 6) is -0.572. The van der Waals surface area contributed by atoms with Crippen LogP contribution in [-0.2, 0) is 9.59 Å². The van der Waals surface area contributed by atoms with Crippen molar-refractivity contribution in [2.45, 2.75) is 12.5 Å². The summed E-state index contributed by atoms with van der Waals surface area (Å²) < 4.78 is 0. The number of carbonyl (C=O) groups excluding carboxylic acids is 2. The second-order valence-corrected chi connectivity index (χ2v) is 6.58. The number of nitrogens with one attached hydrogen (secondary N) is 1. The molecule has 1 heterocycles. The van der Waals surface area contributed by atoms with Crippen molar-refractivity contribution in [1.29, 1.82) is 0 Å². The molecule has 0 aromatic heterocycles. The number of nitrogens with zero attached hydrogens (tertiary/aromatic N) is 1. The first kappa shape index (κ1) is 17.5. The minimum absolute atomic E-state index is 0.0603. The van der Waals surface area contributed by atoms with E-state index in [0.29, 0.717) is 18.1 Å². The molecule has 0 aliphatic carbocycles. The van der Waals surface area contributed by atoms with Gasteiger partial charge in [-0.1, -0.05) is 41.9 Å². The Morgan fingerprint density at radius 3 is 2.56 bits per heavy atom. The first-order valence-electron chi connectivity index (χ1n) is 8.19. The predicted octanol–water partition coefficient (Wildman–Crippen LogP) is 2.51. The standard InChI is InChI=1S/C19H20ClN3O2/c20-15-6-8-16(9-7-15)23-12-14(10-18(23)24)19(25)22-11-17(21)13-4-2-1-3-5-13/h1-9,14,17H,10-12,21H2,(H,22,25). The van der Waals surface area contributed by atoms with Gasteiger partial charge in [0.1, 0.15) is 0 Å². The third-order valence-electron chi connectivity index (χ3n) is 4.36. The van der Waals surface area contributed by atoms with Crippen molar-refractivity contribution in [1.82, 2.24) is 5.32 Å². The Labute approximate surface area is 151 Å². The molecule has 1 aliphatic heterocycles. The van der Waals surface area contributed by atoms with Crippen molar-refractivity contribution in [3.8, 4) is 0 Å². The average Bonchev–Trinajstić information content (AvgIpc) is 3.02. The lowest BCUT2D eigenvalue weighted by molar-refractivity contribution is -0.126. The fourth-order valence-corrected chi connectivity index (χ4v) is 3.05. The van der Waals surface area contributed by atoms with Crippen LogP contribution in [0.4, 0.5) is 5.69 Å². The van der Waals surface area contributed by atoms with E-state index in [9.17, 15) is 9.59 Å². The molecule has 1 aliphatic rings. The Balaban J connectivity index is 1.56. The molecular weight excluding hydrogens is 338 g/mol. The summed E-state index contributed by atoms with van der Waals surface area (Å²) in [5.41, 5.74) is 7.82. The molecule has 25 heavy (non-hydrogen) atoms. The lowest BCUT2D eigenvalue weighted by atomic mass is 10.1. The number of amides is 2. The highest BCUT2D eigenvalue weighted by Gasteiger charge is 2.35. The largest absolute Gasteiger partial charge is 0.354 e. The molecular formula is C19H20ClN3O2. The average molecular weight is 358 g/mol. The molecule has 2 unspecified atom stereocenters. The minimum Gasteiger partial charge on any atom is -0.354 e. The van der Waals surface area contributed by atoms with Gasteiger partial charge in [0.25, 0.3) is 0 Å². The molecule has 130 valence electrons. The fourth-order valence-electron chi connectivity index (χ4n) is 2.93. The van der Waals surface area contributed by atoms with Crippen LogP contribution >= 0.6 is 11.6 Å². The van der Waals surface area contributed by atoms with E-state index >= 15 is 0 Å². The second kappa shape index (κ2) is 7.68. The van der Waals surface area contributed by atoms with E-state index in [-0.39, 0.29) is 30.2 Å². The number of hydrogen-bond acceptors (Lipinski definition) is 3. The quantitative estimate of drug-likeness (QED) is 0.863. The zero-order chi connectivity index (χ0) is 17.8. The maximum absolute atomic E-state index is 12.4. The van der Waals surface area contributed by atoms with Crippen LogP contribution in [0.3, 0.4) is 0 Å². The summed E-state index contributed by atoms with van der Waals surface area (Å²) in [6.07, 6.45) is 0.203. The van der Waals surface area contributed by atoms with Crippen molar-refractivity contribution >= 4 is 29.1 Å². The van der Waals surface area contributed by atoms with Gasteiger partial charge in [-0.2, -0.15) is 0 Å². The van der Waals surface area contributed by atoms with Gasteiger partial charge in [0.05, 0.1) is 5.92 Å². The molecule has 2 aromatic rings. The minimum atomic E-state index is -0.369. The summed E-state index contributed by atoms with van der Waals surface area (Å²) >= 11 is 5.88. The summed E-state index contributed by atoms with van der Waals surface area (Å²) in [6.45, 7) is 0.710. The Kier molecular flexibility index (Phi) is 5.36. The van der Waals surface area contributed by atoms with Crippen LogP contribution in [0.15, 0.2) is 54.6 Å². The number of halogens is 1. The maximum atomic E-state index is 12.4. The summed E-state index contributed by atoms with van der Waals surface area (Å²) in [6, 6.07) is 16.4. The topological polar surface area (TPSA) is 75.4 Å². The highest BCUT2D eigenvalue weighted by Crippen LogP contribution is 2.26. The molecule has 0 saturated carbocycles. The predicted molar refractivity (Wildman–Crippen MR) is 98.3 cm³/mol. The molecule has 3 N–H and O–H groups in total. The van der Waals surface area contributed by atoms with Gasteiger partial charge in [0.2, 0.25) is 11.8 Å². The van der Waals surface area contributed by atoms with Crippen molar-refractivity contribution in [3.63, 3.8) is 0 Å². The van der Waals surface area contributed by atoms with Crippen LogP contribution in [0, 0.1) is 5.92 Å². The van der Waals surface area contributed by atoms with Gasteiger partial charge in [-0.25, -0.2) is 0 Å². The molecule has 5 nitrogen and oxygen atoms in total. The molecule has 0 radical (unpaired) electrons. The molecule has 1 saturated heterocycles. The first-order chi connectivity index (χ1) is 12.0. The molecule has 2 atom stereocenters. The van der Waals surface area contributed by atoms with Gasteiger partial charge in [-0.05, 0) is 29.8 Å². The summed E-state index contributed by atoms with van der Waals surface area (Å²) in [5, 5.41) is 3.47. The maximum Gasteiger partial charge on any atom is 0.227 e. The Morgan fingerprint density at radius 2 is 1.88 bits per heavy atom. The van der Waals surface area contributed by atoms with Crippen molar-refractivity contribution in [2.24, 2.45) is 11.7 Å². The SMILES string of the molecule is NC(CNC(=O)C1CC(=O)N(c2ccc(Cl)cc2)C1)c1ccccc1. The number of carbonyl (C=O) groups is 2. The zero-order valence-corrected chi connectivity index (χ0v) is 14.4. The van der Waals surface area contributed by atoms with Gasteiger partial charge >= 0.3 is 0 Å². The number of anilines is 1. The third kappa shape index (κ3) is 4.18. The van der Waals surface area contributed by atoms with Crippen LogP contribution in [0.25, 0.3) is 0 Å². The van der Waals surface area contributed by atoms with E-state index in [4.69, 9.17) is 17.3 Å². The van der Waals surface area contributed by atoms with Gasteiger partial charge in [0.15, 0.2) is 0 Å². The van der Waals surface area contributed by atoms with E-state index in [0.717, 1.165) is 11.3 Å². The molecule has 6 heteroatoms. The number of hydrogen-bond donors (Lipinski definition) is 2. The van der Waals surface area contributed by atoms with Crippen LogP contribution in [0.2, 0.25) is 5.02 Å². The first-order valence-corrected chi connectivity index (χ1v) is 8.56. The molecule has 1 fully saturated rings. The Morgan fingerprint density at radius 1 is 1.20 bits per heavy atom. The van der Waals surface area contributed by atoms with E-state index in [1.807, 2.05) is 30.3 Å². The van der Waals surface area contributed by atoms with E-state index in [1.54, 1.807) is 29.2 Å². The van der Waals surface area contributed by atoms with Crippen LogP contribution in [0.5, 0.6) is 0 Å². The van der Waals surface area contributed by atoms with Crippen molar-refractivity contribution in [3.05, 3.63) is 65.2 Å². The highest BCUT2D eigenvalue weighted by molar-refractivity contribution is 6.30. The van der Waals surface area contributed by atoms with Gasteiger partial charge in [0, 0.05) is 36.3 Å². The van der Waals surface area contributed by atoms with Gasteiger partial charge in [-0.15, -0.1) is 0 Å².